The average Bonchev–Trinajstić information content (AvgIpc) is 2.54. The molecule has 21 heavy (non-hydrogen) atoms. The summed E-state index contributed by atoms with van der Waals surface area (Å²) >= 11 is 0. The Morgan fingerprint density at radius 1 is 0.952 bits per heavy atom. The first-order valence-corrected chi connectivity index (χ1v) is 6.75. The number of aromatic hydroxyl groups is 1. The van der Waals surface area contributed by atoms with Gasteiger partial charge in [-0.2, -0.15) is 0 Å². The standard InChI is InChI=1S/C18H16O3/c1-20-16-11-14-9-5-6-10-15(14)18(17(16)19)21-12-13-7-3-2-4-8-13/h2-11,19H,12H2,1H3. The maximum absolute atomic E-state index is 10.3. The molecule has 0 atom stereocenters. The highest BCUT2D eigenvalue weighted by atomic mass is 16.5. The first-order chi connectivity index (χ1) is 10.3. The Hall–Kier alpha value is -2.68. The zero-order valence-corrected chi connectivity index (χ0v) is 11.7. The summed E-state index contributed by atoms with van der Waals surface area (Å²) in [5.41, 5.74) is 1.05. The highest BCUT2D eigenvalue weighted by Crippen LogP contribution is 2.42. The summed E-state index contributed by atoms with van der Waals surface area (Å²) in [6.45, 7) is 0.394. The lowest BCUT2D eigenvalue weighted by atomic mass is 10.1. The number of benzene rings is 3. The van der Waals surface area contributed by atoms with Crippen LogP contribution in [0.4, 0.5) is 0 Å². The van der Waals surface area contributed by atoms with Gasteiger partial charge in [0.05, 0.1) is 7.11 Å². The fourth-order valence-corrected chi connectivity index (χ4v) is 2.31. The van der Waals surface area contributed by atoms with Crippen LogP contribution in [0.5, 0.6) is 17.2 Å². The van der Waals surface area contributed by atoms with Crippen LogP contribution >= 0.6 is 0 Å². The largest absolute Gasteiger partial charge is 0.502 e. The van der Waals surface area contributed by atoms with E-state index >= 15 is 0 Å². The lowest BCUT2D eigenvalue weighted by Crippen LogP contribution is -1.97. The van der Waals surface area contributed by atoms with E-state index in [1.54, 1.807) is 6.07 Å². The molecule has 0 saturated heterocycles. The minimum Gasteiger partial charge on any atom is -0.502 e. The zero-order valence-electron chi connectivity index (χ0n) is 11.7. The molecule has 3 rings (SSSR count). The first kappa shape index (κ1) is 13.3. The van der Waals surface area contributed by atoms with Gasteiger partial charge in [-0.25, -0.2) is 0 Å². The number of rotatable bonds is 4. The van der Waals surface area contributed by atoms with Crippen molar-refractivity contribution in [1.82, 2.24) is 0 Å². The summed E-state index contributed by atoms with van der Waals surface area (Å²) in [5, 5.41) is 12.1. The van der Waals surface area contributed by atoms with E-state index in [0.29, 0.717) is 18.1 Å². The molecule has 0 aliphatic rings. The molecule has 0 aliphatic heterocycles. The van der Waals surface area contributed by atoms with Gasteiger partial charge in [-0.1, -0.05) is 54.6 Å². The predicted molar refractivity (Wildman–Crippen MR) is 82.9 cm³/mol. The Bertz CT molecular complexity index is 751. The van der Waals surface area contributed by atoms with Crippen molar-refractivity contribution < 1.29 is 14.6 Å². The van der Waals surface area contributed by atoms with Crippen molar-refractivity contribution in [2.75, 3.05) is 7.11 Å². The number of methoxy groups -OCH3 is 1. The van der Waals surface area contributed by atoms with Crippen molar-refractivity contribution in [2.24, 2.45) is 0 Å². The number of phenols is 1. The first-order valence-electron chi connectivity index (χ1n) is 6.75. The summed E-state index contributed by atoms with van der Waals surface area (Å²) < 4.78 is 11.1. The predicted octanol–water partition coefficient (Wildman–Crippen LogP) is 4.13. The molecule has 3 aromatic carbocycles. The zero-order chi connectivity index (χ0) is 14.7. The van der Waals surface area contributed by atoms with Crippen molar-refractivity contribution >= 4 is 10.8 Å². The van der Waals surface area contributed by atoms with Crippen LogP contribution in [0.25, 0.3) is 10.8 Å². The molecule has 0 amide bonds. The number of hydrogen-bond donors (Lipinski definition) is 1. The van der Waals surface area contributed by atoms with Crippen LogP contribution in [0.1, 0.15) is 5.56 Å². The van der Waals surface area contributed by atoms with Crippen LogP contribution in [-0.4, -0.2) is 12.2 Å². The fourth-order valence-electron chi connectivity index (χ4n) is 2.31. The molecule has 0 fully saturated rings. The number of fused-ring (bicyclic) bond motifs is 1. The van der Waals surface area contributed by atoms with Crippen molar-refractivity contribution in [3.05, 3.63) is 66.2 Å². The van der Waals surface area contributed by atoms with Gasteiger partial charge in [0.15, 0.2) is 11.5 Å². The molecule has 0 unspecified atom stereocenters. The molecule has 106 valence electrons. The fraction of sp³-hybridized carbons (Fsp3) is 0.111. The van der Waals surface area contributed by atoms with Gasteiger partial charge in [0.2, 0.25) is 5.75 Å². The van der Waals surface area contributed by atoms with Gasteiger partial charge in [-0.15, -0.1) is 0 Å². The van der Waals surface area contributed by atoms with Gasteiger partial charge >= 0.3 is 0 Å². The Kier molecular flexibility index (Phi) is 3.65. The third kappa shape index (κ3) is 2.63. The van der Waals surface area contributed by atoms with E-state index < -0.39 is 0 Å². The third-order valence-electron chi connectivity index (χ3n) is 3.39. The summed E-state index contributed by atoms with van der Waals surface area (Å²) in [5.74, 6) is 0.901. The lowest BCUT2D eigenvalue weighted by Gasteiger charge is -2.14. The van der Waals surface area contributed by atoms with Crippen molar-refractivity contribution in [3.63, 3.8) is 0 Å². The lowest BCUT2D eigenvalue weighted by molar-refractivity contribution is 0.285. The second-order valence-corrected chi connectivity index (χ2v) is 4.75. The van der Waals surface area contributed by atoms with E-state index in [2.05, 4.69) is 0 Å². The Morgan fingerprint density at radius 3 is 2.43 bits per heavy atom. The van der Waals surface area contributed by atoms with E-state index in [1.807, 2.05) is 54.6 Å². The highest BCUT2D eigenvalue weighted by molar-refractivity contribution is 5.92. The Morgan fingerprint density at radius 2 is 1.67 bits per heavy atom. The van der Waals surface area contributed by atoms with Gasteiger partial charge in [0, 0.05) is 5.39 Å². The van der Waals surface area contributed by atoms with E-state index in [4.69, 9.17) is 9.47 Å². The summed E-state index contributed by atoms with van der Waals surface area (Å²) in [6.07, 6.45) is 0. The van der Waals surface area contributed by atoms with Crippen LogP contribution < -0.4 is 9.47 Å². The molecule has 0 aromatic heterocycles. The van der Waals surface area contributed by atoms with Crippen LogP contribution in [-0.2, 0) is 6.61 Å². The van der Waals surface area contributed by atoms with E-state index in [0.717, 1.165) is 16.3 Å². The average molecular weight is 280 g/mol. The Balaban J connectivity index is 2.01. The molecular weight excluding hydrogens is 264 g/mol. The molecule has 0 aliphatic carbocycles. The minimum atomic E-state index is 0.0344. The van der Waals surface area contributed by atoms with Gasteiger partial charge < -0.3 is 14.6 Å². The Labute approximate surface area is 123 Å². The maximum Gasteiger partial charge on any atom is 0.201 e. The molecule has 3 heteroatoms. The SMILES string of the molecule is COc1cc2ccccc2c(OCc2ccccc2)c1O. The molecule has 0 radical (unpaired) electrons. The number of ether oxygens (including phenoxy) is 2. The molecule has 1 N–H and O–H groups in total. The van der Waals surface area contributed by atoms with Gasteiger partial charge in [-0.3, -0.25) is 0 Å². The van der Waals surface area contributed by atoms with Gasteiger partial charge in [0.25, 0.3) is 0 Å². The maximum atomic E-state index is 10.3. The molecule has 0 spiro atoms. The van der Waals surface area contributed by atoms with E-state index in [-0.39, 0.29) is 5.75 Å². The highest BCUT2D eigenvalue weighted by Gasteiger charge is 2.14. The smallest absolute Gasteiger partial charge is 0.201 e. The summed E-state index contributed by atoms with van der Waals surface area (Å²) in [7, 11) is 1.53. The normalized spacial score (nSPS) is 10.5. The van der Waals surface area contributed by atoms with Crippen LogP contribution in [0.15, 0.2) is 60.7 Å². The third-order valence-corrected chi connectivity index (χ3v) is 3.39. The van der Waals surface area contributed by atoms with Crippen LogP contribution in [0, 0.1) is 0 Å². The van der Waals surface area contributed by atoms with Gasteiger partial charge in [0.1, 0.15) is 6.61 Å². The number of phenolic OH excluding ortho intramolecular Hbond substituents is 1. The molecule has 3 nitrogen and oxygen atoms in total. The summed E-state index contributed by atoms with van der Waals surface area (Å²) in [4.78, 5) is 0. The van der Waals surface area contributed by atoms with E-state index in [9.17, 15) is 5.11 Å². The second kappa shape index (κ2) is 5.75. The molecular formula is C18H16O3. The molecule has 0 bridgehead atoms. The molecule has 0 saturated carbocycles. The minimum absolute atomic E-state index is 0.0344. The number of hydrogen-bond acceptors (Lipinski definition) is 3. The summed E-state index contributed by atoms with van der Waals surface area (Å²) in [6, 6.07) is 19.4. The van der Waals surface area contributed by atoms with Crippen molar-refractivity contribution in [1.29, 1.82) is 0 Å². The molecule has 3 aromatic rings. The topological polar surface area (TPSA) is 38.7 Å². The molecule has 0 heterocycles. The monoisotopic (exact) mass is 280 g/mol. The van der Waals surface area contributed by atoms with Crippen molar-refractivity contribution in [2.45, 2.75) is 6.61 Å². The van der Waals surface area contributed by atoms with Crippen LogP contribution in [0.3, 0.4) is 0 Å². The van der Waals surface area contributed by atoms with Crippen LogP contribution in [0.2, 0.25) is 0 Å². The quantitative estimate of drug-likeness (QED) is 0.781. The van der Waals surface area contributed by atoms with Crippen molar-refractivity contribution in [3.8, 4) is 17.2 Å². The second-order valence-electron chi connectivity index (χ2n) is 4.75. The van der Waals surface area contributed by atoms with Gasteiger partial charge in [-0.05, 0) is 17.0 Å². The van der Waals surface area contributed by atoms with E-state index in [1.165, 1.54) is 7.11 Å².